The molecular formula is C18H22N2O. The molecule has 0 saturated carbocycles. The molecule has 0 bridgehead atoms. The maximum Gasteiger partial charge on any atom is 0.120 e. The molecule has 21 heavy (non-hydrogen) atoms. The van der Waals surface area contributed by atoms with E-state index in [9.17, 15) is 0 Å². The van der Waals surface area contributed by atoms with E-state index in [1.54, 1.807) is 12.4 Å². The van der Waals surface area contributed by atoms with Gasteiger partial charge in [0.15, 0.2) is 0 Å². The van der Waals surface area contributed by atoms with Crippen LogP contribution < -0.4 is 10.1 Å². The minimum Gasteiger partial charge on any atom is -0.489 e. The summed E-state index contributed by atoms with van der Waals surface area (Å²) >= 11 is 0. The SMILES string of the molecule is CCCNC1CCc2cc(OCc3ccncc3)ccc21. The molecule has 110 valence electrons. The van der Waals surface area contributed by atoms with Crippen LogP contribution in [-0.4, -0.2) is 11.5 Å². The molecule has 1 heterocycles. The fourth-order valence-corrected chi connectivity index (χ4v) is 2.86. The lowest BCUT2D eigenvalue weighted by Crippen LogP contribution is -2.19. The molecule has 1 aliphatic carbocycles. The van der Waals surface area contributed by atoms with E-state index in [1.807, 2.05) is 12.1 Å². The first-order chi connectivity index (χ1) is 10.4. The van der Waals surface area contributed by atoms with E-state index in [0.717, 1.165) is 24.3 Å². The molecule has 0 saturated heterocycles. The van der Waals surface area contributed by atoms with Crippen molar-refractivity contribution in [3.63, 3.8) is 0 Å². The fraction of sp³-hybridized carbons (Fsp3) is 0.389. The summed E-state index contributed by atoms with van der Waals surface area (Å²) in [5.41, 5.74) is 4.02. The fourth-order valence-electron chi connectivity index (χ4n) is 2.86. The van der Waals surface area contributed by atoms with Crippen molar-refractivity contribution in [2.75, 3.05) is 6.54 Å². The predicted molar refractivity (Wildman–Crippen MR) is 84.4 cm³/mol. The highest BCUT2D eigenvalue weighted by Crippen LogP contribution is 2.33. The van der Waals surface area contributed by atoms with Gasteiger partial charge in [0.25, 0.3) is 0 Å². The Hall–Kier alpha value is -1.87. The van der Waals surface area contributed by atoms with Crippen LogP contribution in [0.1, 0.15) is 42.5 Å². The summed E-state index contributed by atoms with van der Waals surface area (Å²) in [4.78, 5) is 4.02. The number of hydrogen-bond donors (Lipinski definition) is 1. The third-order valence-corrected chi connectivity index (χ3v) is 3.99. The van der Waals surface area contributed by atoms with Crippen molar-refractivity contribution in [3.8, 4) is 5.75 Å². The van der Waals surface area contributed by atoms with Crippen LogP contribution in [0.2, 0.25) is 0 Å². The monoisotopic (exact) mass is 282 g/mol. The Morgan fingerprint density at radius 2 is 2.10 bits per heavy atom. The zero-order valence-corrected chi connectivity index (χ0v) is 12.5. The highest BCUT2D eigenvalue weighted by Gasteiger charge is 2.21. The minimum absolute atomic E-state index is 0.522. The highest BCUT2D eigenvalue weighted by atomic mass is 16.5. The normalized spacial score (nSPS) is 16.7. The summed E-state index contributed by atoms with van der Waals surface area (Å²) in [7, 11) is 0. The van der Waals surface area contributed by atoms with Crippen molar-refractivity contribution < 1.29 is 4.74 Å². The van der Waals surface area contributed by atoms with Crippen LogP contribution >= 0.6 is 0 Å². The molecule has 1 aliphatic rings. The van der Waals surface area contributed by atoms with E-state index in [-0.39, 0.29) is 0 Å². The molecule has 1 unspecified atom stereocenters. The van der Waals surface area contributed by atoms with Gasteiger partial charge in [0.05, 0.1) is 0 Å². The van der Waals surface area contributed by atoms with Gasteiger partial charge in [-0.15, -0.1) is 0 Å². The van der Waals surface area contributed by atoms with E-state index in [4.69, 9.17) is 4.74 Å². The molecule has 0 radical (unpaired) electrons. The summed E-state index contributed by atoms with van der Waals surface area (Å²) in [6.45, 7) is 3.89. The van der Waals surface area contributed by atoms with Crippen LogP contribution in [0.4, 0.5) is 0 Å². The molecule has 0 amide bonds. The van der Waals surface area contributed by atoms with Crippen molar-refractivity contribution in [1.29, 1.82) is 0 Å². The van der Waals surface area contributed by atoms with Crippen LogP contribution in [-0.2, 0) is 13.0 Å². The Balaban J connectivity index is 1.64. The van der Waals surface area contributed by atoms with Gasteiger partial charge in [-0.1, -0.05) is 13.0 Å². The average Bonchev–Trinajstić information content (AvgIpc) is 2.94. The molecule has 3 heteroatoms. The van der Waals surface area contributed by atoms with Gasteiger partial charge < -0.3 is 10.1 Å². The number of aromatic nitrogens is 1. The van der Waals surface area contributed by atoms with Gasteiger partial charge in [0.1, 0.15) is 12.4 Å². The Bertz CT molecular complexity index is 583. The van der Waals surface area contributed by atoms with E-state index in [1.165, 1.54) is 24.0 Å². The van der Waals surface area contributed by atoms with Crippen LogP contribution in [0.25, 0.3) is 0 Å². The van der Waals surface area contributed by atoms with Gasteiger partial charge in [0.2, 0.25) is 0 Å². The summed E-state index contributed by atoms with van der Waals surface area (Å²) in [5.74, 6) is 0.960. The summed E-state index contributed by atoms with van der Waals surface area (Å²) < 4.78 is 5.89. The zero-order chi connectivity index (χ0) is 14.5. The first kappa shape index (κ1) is 14.1. The standard InChI is InChI=1S/C18H22N2O/c1-2-9-20-18-6-3-15-12-16(4-5-17(15)18)21-13-14-7-10-19-11-8-14/h4-5,7-8,10-12,18,20H,2-3,6,9,13H2,1H3. The number of hydrogen-bond acceptors (Lipinski definition) is 3. The van der Waals surface area contributed by atoms with Crippen molar-refractivity contribution in [2.45, 2.75) is 38.8 Å². The van der Waals surface area contributed by atoms with Crippen LogP contribution in [0.5, 0.6) is 5.75 Å². The smallest absolute Gasteiger partial charge is 0.120 e. The number of pyridine rings is 1. The summed E-state index contributed by atoms with van der Waals surface area (Å²) in [6.07, 6.45) is 7.11. The largest absolute Gasteiger partial charge is 0.489 e. The molecule has 3 nitrogen and oxygen atoms in total. The molecule has 2 aromatic rings. The van der Waals surface area contributed by atoms with E-state index in [0.29, 0.717) is 12.6 Å². The lowest BCUT2D eigenvalue weighted by Gasteiger charge is -2.14. The minimum atomic E-state index is 0.522. The number of nitrogens with zero attached hydrogens (tertiary/aromatic N) is 1. The van der Waals surface area contributed by atoms with Crippen molar-refractivity contribution in [2.24, 2.45) is 0 Å². The first-order valence-corrected chi connectivity index (χ1v) is 7.74. The zero-order valence-electron chi connectivity index (χ0n) is 12.5. The molecule has 1 N–H and O–H groups in total. The topological polar surface area (TPSA) is 34.1 Å². The van der Waals surface area contributed by atoms with Crippen molar-refractivity contribution in [1.82, 2.24) is 10.3 Å². The summed E-state index contributed by atoms with van der Waals surface area (Å²) in [5, 5.41) is 3.62. The van der Waals surface area contributed by atoms with Gasteiger partial charge in [-0.25, -0.2) is 0 Å². The van der Waals surface area contributed by atoms with E-state index < -0.39 is 0 Å². The molecule has 0 spiro atoms. The third-order valence-electron chi connectivity index (χ3n) is 3.99. The van der Waals surface area contributed by atoms with E-state index >= 15 is 0 Å². The molecule has 0 fully saturated rings. The lowest BCUT2D eigenvalue weighted by molar-refractivity contribution is 0.306. The second-order valence-corrected chi connectivity index (χ2v) is 5.55. The summed E-state index contributed by atoms with van der Waals surface area (Å²) in [6, 6.07) is 11.0. The number of ether oxygens (including phenoxy) is 1. The van der Waals surface area contributed by atoms with Gasteiger partial charge in [-0.3, -0.25) is 4.98 Å². The maximum atomic E-state index is 5.89. The molecule has 1 atom stereocenters. The lowest BCUT2D eigenvalue weighted by atomic mass is 10.1. The van der Waals surface area contributed by atoms with Crippen molar-refractivity contribution >= 4 is 0 Å². The molecular weight excluding hydrogens is 260 g/mol. The van der Waals surface area contributed by atoms with Gasteiger partial charge >= 0.3 is 0 Å². The molecule has 3 rings (SSSR count). The number of rotatable bonds is 6. The van der Waals surface area contributed by atoms with Gasteiger partial charge in [-0.2, -0.15) is 0 Å². The number of aryl methyl sites for hydroxylation is 1. The van der Waals surface area contributed by atoms with E-state index in [2.05, 4.69) is 35.4 Å². The van der Waals surface area contributed by atoms with Crippen LogP contribution in [0.3, 0.4) is 0 Å². The van der Waals surface area contributed by atoms with Gasteiger partial charge in [0, 0.05) is 18.4 Å². The Labute approximate surface area is 126 Å². The Morgan fingerprint density at radius 3 is 2.90 bits per heavy atom. The number of fused-ring (bicyclic) bond motifs is 1. The molecule has 1 aromatic carbocycles. The average molecular weight is 282 g/mol. The quantitative estimate of drug-likeness (QED) is 0.878. The highest BCUT2D eigenvalue weighted by molar-refractivity contribution is 5.40. The Morgan fingerprint density at radius 1 is 1.24 bits per heavy atom. The Kier molecular flexibility index (Phi) is 4.51. The molecule has 1 aromatic heterocycles. The van der Waals surface area contributed by atoms with Crippen LogP contribution in [0, 0.1) is 0 Å². The van der Waals surface area contributed by atoms with Gasteiger partial charge in [-0.05, 0) is 66.8 Å². The second-order valence-electron chi connectivity index (χ2n) is 5.55. The van der Waals surface area contributed by atoms with Crippen molar-refractivity contribution in [3.05, 3.63) is 59.4 Å². The number of nitrogens with one attached hydrogen (secondary N) is 1. The first-order valence-electron chi connectivity index (χ1n) is 7.74. The molecule has 0 aliphatic heterocycles. The predicted octanol–water partition coefficient (Wildman–Crippen LogP) is 3.65. The third kappa shape index (κ3) is 3.42. The second kappa shape index (κ2) is 6.72. The van der Waals surface area contributed by atoms with Crippen LogP contribution in [0.15, 0.2) is 42.7 Å². The maximum absolute atomic E-state index is 5.89. The number of benzene rings is 1.